The van der Waals surface area contributed by atoms with Crippen molar-refractivity contribution >= 4 is 15.9 Å². The van der Waals surface area contributed by atoms with E-state index in [0.717, 1.165) is 15.7 Å². The third kappa shape index (κ3) is 3.91. The van der Waals surface area contributed by atoms with Gasteiger partial charge >= 0.3 is 0 Å². The number of nitrogens with zero attached hydrogens (tertiary/aromatic N) is 1. The normalized spacial score (nSPS) is 12.3. The second-order valence-electron chi connectivity index (χ2n) is 4.02. The highest BCUT2D eigenvalue weighted by atomic mass is 79.9. The lowest BCUT2D eigenvalue weighted by atomic mass is 10.1. The van der Waals surface area contributed by atoms with Crippen LogP contribution in [0, 0.1) is 0 Å². The number of halogens is 1. The minimum atomic E-state index is -0.508. The second kappa shape index (κ2) is 6.64. The molecule has 0 aliphatic heterocycles. The van der Waals surface area contributed by atoms with E-state index in [0.29, 0.717) is 13.1 Å². The third-order valence-corrected chi connectivity index (χ3v) is 3.10. The lowest BCUT2D eigenvalue weighted by molar-refractivity contribution is 0.174. The van der Waals surface area contributed by atoms with Crippen LogP contribution in [-0.2, 0) is 6.54 Å². The maximum absolute atomic E-state index is 10.0. The van der Waals surface area contributed by atoms with Crippen molar-refractivity contribution in [3.05, 3.63) is 64.4 Å². The average Bonchev–Trinajstić information content (AvgIpc) is 2.40. The summed E-state index contributed by atoms with van der Waals surface area (Å²) in [5.41, 5.74) is 1.87. The highest BCUT2D eigenvalue weighted by molar-refractivity contribution is 9.10. The first kappa shape index (κ1) is 13.2. The van der Waals surface area contributed by atoms with Crippen molar-refractivity contribution in [3.63, 3.8) is 0 Å². The Kier molecular flexibility index (Phi) is 4.87. The summed E-state index contributed by atoms with van der Waals surface area (Å²) < 4.78 is 0.976. The van der Waals surface area contributed by atoms with Crippen LogP contribution in [0.4, 0.5) is 0 Å². The smallest absolute Gasteiger partial charge is 0.0914 e. The molecule has 0 aliphatic carbocycles. The summed E-state index contributed by atoms with van der Waals surface area (Å²) in [6.45, 7) is 1.17. The minimum Gasteiger partial charge on any atom is -0.387 e. The van der Waals surface area contributed by atoms with Crippen LogP contribution in [0.3, 0.4) is 0 Å². The van der Waals surface area contributed by atoms with E-state index in [1.807, 2.05) is 42.5 Å². The van der Waals surface area contributed by atoms with Crippen molar-refractivity contribution in [3.8, 4) is 0 Å². The number of benzene rings is 1. The third-order valence-electron chi connectivity index (χ3n) is 2.60. The van der Waals surface area contributed by atoms with Crippen molar-refractivity contribution < 1.29 is 5.11 Å². The number of nitrogens with one attached hydrogen (secondary N) is 1. The first-order valence-corrected chi connectivity index (χ1v) is 6.59. The molecule has 2 N–H and O–H groups in total. The number of hydrogen-bond acceptors (Lipinski definition) is 3. The van der Waals surface area contributed by atoms with Gasteiger partial charge in [-0.3, -0.25) is 4.98 Å². The van der Waals surface area contributed by atoms with Crippen LogP contribution in [0.1, 0.15) is 17.4 Å². The number of pyridine rings is 1. The van der Waals surface area contributed by atoms with Gasteiger partial charge in [0.1, 0.15) is 0 Å². The van der Waals surface area contributed by atoms with E-state index in [1.165, 1.54) is 0 Å². The Hall–Kier alpha value is -1.23. The molecule has 1 heterocycles. The fraction of sp³-hybridized carbons (Fsp3) is 0.214. The molecule has 0 spiro atoms. The van der Waals surface area contributed by atoms with Crippen LogP contribution in [0.2, 0.25) is 0 Å². The Morgan fingerprint density at radius 3 is 2.83 bits per heavy atom. The van der Waals surface area contributed by atoms with E-state index in [1.54, 1.807) is 6.20 Å². The maximum atomic E-state index is 10.0. The fourth-order valence-corrected chi connectivity index (χ4v) is 2.09. The molecule has 0 bridgehead atoms. The molecule has 4 heteroatoms. The van der Waals surface area contributed by atoms with Crippen LogP contribution in [0.25, 0.3) is 0 Å². The zero-order valence-electron chi connectivity index (χ0n) is 9.88. The van der Waals surface area contributed by atoms with Gasteiger partial charge in [0, 0.05) is 23.8 Å². The molecule has 94 valence electrons. The molecule has 3 nitrogen and oxygen atoms in total. The number of rotatable bonds is 5. The molecule has 1 aromatic heterocycles. The second-order valence-corrected chi connectivity index (χ2v) is 4.94. The SMILES string of the molecule is OC(CNCc1ccccn1)c1cccc(Br)c1. The van der Waals surface area contributed by atoms with Gasteiger partial charge in [0.05, 0.1) is 11.8 Å². The highest BCUT2D eigenvalue weighted by Crippen LogP contribution is 2.17. The summed E-state index contributed by atoms with van der Waals surface area (Å²) >= 11 is 3.39. The Bertz CT molecular complexity index is 490. The molecule has 1 unspecified atom stereocenters. The predicted octanol–water partition coefficient (Wildman–Crippen LogP) is 2.67. The van der Waals surface area contributed by atoms with Crippen molar-refractivity contribution in [2.75, 3.05) is 6.54 Å². The summed E-state index contributed by atoms with van der Waals surface area (Å²) in [6, 6.07) is 13.5. The number of aromatic nitrogens is 1. The summed E-state index contributed by atoms with van der Waals surface area (Å²) in [6.07, 6.45) is 1.26. The molecule has 0 saturated carbocycles. The minimum absolute atomic E-state index is 0.507. The average molecular weight is 307 g/mol. The van der Waals surface area contributed by atoms with E-state index in [-0.39, 0.29) is 0 Å². The van der Waals surface area contributed by atoms with Gasteiger partial charge in [-0.1, -0.05) is 34.1 Å². The number of hydrogen-bond donors (Lipinski definition) is 2. The summed E-state index contributed by atoms with van der Waals surface area (Å²) in [5, 5.41) is 13.2. The monoisotopic (exact) mass is 306 g/mol. The van der Waals surface area contributed by atoms with E-state index < -0.39 is 6.10 Å². The van der Waals surface area contributed by atoms with Crippen LogP contribution < -0.4 is 5.32 Å². The van der Waals surface area contributed by atoms with Gasteiger partial charge in [0.2, 0.25) is 0 Å². The molecule has 1 atom stereocenters. The molecule has 18 heavy (non-hydrogen) atoms. The van der Waals surface area contributed by atoms with Crippen LogP contribution in [0.15, 0.2) is 53.1 Å². The van der Waals surface area contributed by atoms with Gasteiger partial charge in [-0.05, 0) is 29.8 Å². The van der Waals surface area contributed by atoms with Gasteiger partial charge in [-0.25, -0.2) is 0 Å². The lowest BCUT2D eigenvalue weighted by Gasteiger charge is -2.12. The molecule has 2 rings (SSSR count). The zero-order chi connectivity index (χ0) is 12.8. The molecular formula is C14H15BrN2O. The molecule has 1 aromatic carbocycles. The van der Waals surface area contributed by atoms with E-state index >= 15 is 0 Å². The Morgan fingerprint density at radius 2 is 2.11 bits per heavy atom. The Balaban J connectivity index is 1.83. The predicted molar refractivity (Wildman–Crippen MR) is 75.0 cm³/mol. The van der Waals surface area contributed by atoms with E-state index in [4.69, 9.17) is 0 Å². The first-order chi connectivity index (χ1) is 8.75. The van der Waals surface area contributed by atoms with Gasteiger partial charge in [-0.2, -0.15) is 0 Å². The van der Waals surface area contributed by atoms with Crippen molar-refractivity contribution in [1.29, 1.82) is 0 Å². The number of aliphatic hydroxyl groups is 1. The molecule has 2 aromatic rings. The molecule has 0 saturated heterocycles. The zero-order valence-corrected chi connectivity index (χ0v) is 11.5. The van der Waals surface area contributed by atoms with Crippen LogP contribution >= 0.6 is 15.9 Å². The van der Waals surface area contributed by atoms with Gasteiger partial charge in [0.25, 0.3) is 0 Å². The van der Waals surface area contributed by atoms with E-state index in [2.05, 4.69) is 26.2 Å². The Labute approximate surface area is 115 Å². The summed E-state index contributed by atoms with van der Waals surface area (Å²) in [7, 11) is 0. The quantitative estimate of drug-likeness (QED) is 0.892. The molecule has 0 amide bonds. The largest absolute Gasteiger partial charge is 0.387 e. The van der Waals surface area contributed by atoms with E-state index in [9.17, 15) is 5.11 Å². The molecule has 0 radical (unpaired) electrons. The maximum Gasteiger partial charge on any atom is 0.0914 e. The van der Waals surface area contributed by atoms with Crippen LogP contribution in [0.5, 0.6) is 0 Å². The number of aliphatic hydroxyl groups excluding tert-OH is 1. The summed E-state index contributed by atoms with van der Waals surface area (Å²) in [4.78, 5) is 4.21. The topological polar surface area (TPSA) is 45.1 Å². The fourth-order valence-electron chi connectivity index (χ4n) is 1.67. The van der Waals surface area contributed by atoms with Gasteiger partial charge in [0.15, 0.2) is 0 Å². The summed E-state index contributed by atoms with van der Waals surface area (Å²) in [5.74, 6) is 0. The van der Waals surface area contributed by atoms with Crippen molar-refractivity contribution in [2.45, 2.75) is 12.6 Å². The first-order valence-electron chi connectivity index (χ1n) is 5.80. The van der Waals surface area contributed by atoms with Gasteiger partial charge in [-0.15, -0.1) is 0 Å². The van der Waals surface area contributed by atoms with Crippen molar-refractivity contribution in [1.82, 2.24) is 10.3 Å². The van der Waals surface area contributed by atoms with Crippen LogP contribution in [-0.4, -0.2) is 16.6 Å². The standard InChI is InChI=1S/C14H15BrN2O/c15-12-5-3-4-11(8-12)14(18)10-16-9-13-6-1-2-7-17-13/h1-8,14,16,18H,9-10H2. The molecular weight excluding hydrogens is 292 g/mol. The van der Waals surface area contributed by atoms with Crippen molar-refractivity contribution in [2.24, 2.45) is 0 Å². The molecule has 0 fully saturated rings. The molecule has 0 aliphatic rings. The highest BCUT2D eigenvalue weighted by Gasteiger charge is 2.07. The lowest BCUT2D eigenvalue weighted by Crippen LogP contribution is -2.21. The Morgan fingerprint density at radius 1 is 1.22 bits per heavy atom. The van der Waals surface area contributed by atoms with Gasteiger partial charge < -0.3 is 10.4 Å².